The first-order chi connectivity index (χ1) is 4.66. The Balaban J connectivity index is 2.46. The lowest BCUT2D eigenvalue weighted by Gasteiger charge is -2.29. The Labute approximate surface area is 63.1 Å². The zero-order valence-corrected chi connectivity index (χ0v) is 6.69. The number of rotatable bonds is 1. The molecule has 1 fully saturated rings. The van der Waals surface area contributed by atoms with Crippen molar-refractivity contribution in [3.05, 3.63) is 0 Å². The molecular formula is C6H13NO2S. The molecule has 0 aromatic rings. The maximum atomic E-state index is 10.8. The molecule has 1 aliphatic heterocycles. The van der Waals surface area contributed by atoms with E-state index < -0.39 is 16.4 Å². The molecule has 3 nitrogen and oxygen atoms in total. The predicted molar refractivity (Wildman–Crippen MR) is 41.1 cm³/mol. The fourth-order valence-corrected chi connectivity index (χ4v) is 2.46. The summed E-state index contributed by atoms with van der Waals surface area (Å²) in [4.78, 5) is 0. The SMILES string of the molecule is NCC1(O)CCS(=O)CC1. The fourth-order valence-electron chi connectivity index (χ4n) is 1.04. The molecule has 0 unspecified atom stereocenters. The van der Waals surface area contributed by atoms with Crippen LogP contribution < -0.4 is 5.73 Å². The van der Waals surface area contributed by atoms with E-state index in [0.29, 0.717) is 30.9 Å². The first kappa shape index (κ1) is 8.17. The molecule has 4 heteroatoms. The van der Waals surface area contributed by atoms with Gasteiger partial charge in [-0.2, -0.15) is 0 Å². The van der Waals surface area contributed by atoms with Crippen molar-refractivity contribution in [1.82, 2.24) is 0 Å². The summed E-state index contributed by atoms with van der Waals surface area (Å²) >= 11 is 0. The van der Waals surface area contributed by atoms with Gasteiger partial charge in [-0.3, -0.25) is 4.21 Å². The van der Waals surface area contributed by atoms with Crippen molar-refractivity contribution in [1.29, 1.82) is 0 Å². The lowest BCUT2D eigenvalue weighted by Crippen LogP contribution is -2.43. The van der Waals surface area contributed by atoms with Gasteiger partial charge in [-0.1, -0.05) is 0 Å². The van der Waals surface area contributed by atoms with Crippen molar-refractivity contribution in [2.24, 2.45) is 5.73 Å². The Morgan fingerprint density at radius 2 is 2.00 bits per heavy atom. The van der Waals surface area contributed by atoms with Crippen molar-refractivity contribution >= 4 is 10.8 Å². The Morgan fingerprint density at radius 3 is 2.40 bits per heavy atom. The molecule has 3 N–H and O–H groups in total. The summed E-state index contributed by atoms with van der Waals surface area (Å²) < 4.78 is 10.8. The number of nitrogens with two attached hydrogens (primary N) is 1. The average molecular weight is 163 g/mol. The molecule has 0 saturated carbocycles. The van der Waals surface area contributed by atoms with Crippen LogP contribution in [0.25, 0.3) is 0 Å². The van der Waals surface area contributed by atoms with E-state index >= 15 is 0 Å². The van der Waals surface area contributed by atoms with E-state index in [4.69, 9.17) is 5.73 Å². The topological polar surface area (TPSA) is 63.3 Å². The molecule has 0 aromatic heterocycles. The fraction of sp³-hybridized carbons (Fsp3) is 1.00. The Kier molecular flexibility index (Phi) is 2.44. The van der Waals surface area contributed by atoms with Gasteiger partial charge in [0.15, 0.2) is 0 Å². The highest BCUT2D eigenvalue weighted by Gasteiger charge is 2.29. The average Bonchev–Trinajstić information content (AvgIpc) is 1.96. The molecule has 1 rings (SSSR count). The van der Waals surface area contributed by atoms with Crippen LogP contribution in [0.15, 0.2) is 0 Å². The van der Waals surface area contributed by atoms with E-state index in [2.05, 4.69) is 0 Å². The van der Waals surface area contributed by atoms with E-state index in [0.717, 1.165) is 0 Å². The standard InChI is InChI=1S/C6H13NO2S/c7-5-6(8)1-3-10(9)4-2-6/h8H,1-5,7H2. The minimum atomic E-state index is -0.714. The van der Waals surface area contributed by atoms with Crippen LogP contribution in [0.2, 0.25) is 0 Å². The van der Waals surface area contributed by atoms with Crippen molar-refractivity contribution < 1.29 is 9.32 Å². The third kappa shape index (κ3) is 1.78. The summed E-state index contributed by atoms with van der Waals surface area (Å²) in [6.07, 6.45) is 1.19. The van der Waals surface area contributed by atoms with Gasteiger partial charge in [0.25, 0.3) is 0 Å². The van der Waals surface area contributed by atoms with Crippen molar-refractivity contribution in [3.63, 3.8) is 0 Å². The predicted octanol–water partition coefficient (Wildman–Crippen LogP) is -0.781. The van der Waals surface area contributed by atoms with Gasteiger partial charge in [0.2, 0.25) is 0 Å². The van der Waals surface area contributed by atoms with Crippen LogP contribution in [0, 0.1) is 0 Å². The second-order valence-electron chi connectivity index (χ2n) is 2.78. The summed E-state index contributed by atoms with van der Waals surface area (Å²) in [5.74, 6) is 1.21. The molecular weight excluding hydrogens is 150 g/mol. The lowest BCUT2D eigenvalue weighted by atomic mass is 9.97. The molecule has 1 saturated heterocycles. The van der Waals surface area contributed by atoms with Crippen LogP contribution in [0.4, 0.5) is 0 Å². The molecule has 60 valence electrons. The zero-order chi connectivity index (χ0) is 7.61. The lowest BCUT2D eigenvalue weighted by molar-refractivity contribution is 0.0402. The minimum absolute atomic E-state index is 0.296. The largest absolute Gasteiger partial charge is 0.389 e. The summed E-state index contributed by atoms with van der Waals surface area (Å²) in [7, 11) is -0.704. The normalized spacial score (nSPS) is 41.6. The van der Waals surface area contributed by atoms with Gasteiger partial charge >= 0.3 is 0 Å². The maximum Gasteiger partial charge on any atom is 0.0786 e. The summed E-state index contributed by atoms with van der Waals surface area (Å²) in [5.41, 5.74) is 4.62. The van der Waals surface area contributed by atoms with Crippen LogP contribution in [0.3, 0.4) is 0 Å². The smallest absolute Gasteiger partial charge is 0.0786 e. The van der Waals surface area contributed by atoms with Gasteiger partial charge in [0.05, 0.1) is 5.60 Å². The Bertz CT molecular complexity index is 139. The van der Waals surface area contributed by atoms with Crippen molar-refractivity contribution in [2.75, 3.05) is 18.1 Å². The molecule has 0 aromatic carbocycles. The van der Waals surface area contributed by atoms with Gasteiger partial charge in [-0.25, -0.2) is 0 Å². The number of hydrogen-bond donors (Lipinski definition) is 2. The molecule has 0 radical (unpaired) electrons. The molecule has 10 heavy (non-hydrogen) atoms. The maximum absolute atomic E-state index is 10.8. The second-order valence-corrected chi connectivity index (χ2v) is 4.47. The van der Waals surface area contributed by atoms with E-state index in [-0.39, 0.29) is 0 Å². The van der Waals surface area contributed by atoms with E-state index in [1.165, 1.54) is 0 Å². The summed E-state index contributed by atoms with van der Waals surface area (Å²) in [6, 6.07) is 0. The van der Waals surface area contributed by atoms with Gasteiger partial charge in [0.1, 0.15) is 0 Å². The number of hydrogen-bond acceptors (Lipinski definition) is 3. The molecule has 0 aliphatic carbocycles. The monoisotopic (exact) mass is 163 g/mol. The molecule has 0 spiro atoms. The van der Waals surface area contributed by atoms with Crippen molar-refractivity contribution in [3.8, 4) is 0 Å². The second kappa shape index (κ2) is 2.98. The van der Waals surface area contributed by atoms with Gasteiger partial charge < -0.3 is 10.8 Å². The van der Waals surface area contributed by atoms with Crippen LogP contribution in [-0.2, 0) is 10.8 Å². The number of aliphatic hydroxyl groups is 1. The van der Waals surface area contributed by atoms with Crippen molar-refractivity contribution in [2.45, 2.75) is 18.4 Å². The highest BCUT2D eigenvalue weighted by atomic mass is 32.2. The molecule has 0 bridgehead atoms. The van der Waals surface area contributed by atoms with Crippen LogP contribution in [0.5, 0.6) is 0 Å². The van der Waals surface area contributed by atoms with Gasteiger partial charge in [-0.05, 0) is 12.8 Å². The summed E-state index contributed by atoms with van der Waals surface area (Å²) in [5, 5.41) is 9.54. The first-order valence-electron chi connectivity index (χ1n) is 3.44. The quantitative estimate of drug-likeness (QED) is 0.533. The first-order valence-corrected chi connectivity index (χ1v) is 4.92. The zero-order valence-electron chi connectivity index (χ0n) is 5.88. The van der Waals surface area contributed by atoms with E-state index in [1.54, 1.807) is 0 Å². The highest BCUT2D eigenvalue weighted by Crippen LogP contribution is 2.19. The Hall–Kier alpha value is 0.0700. The minimum Gasteiger partial charge on any atom is -0.389 e. The van der Waals surface area contributed by atoms with Crippen LogP contribution >= 0.6 is 0 Å². The van der Waals surface area contributed by atoms with E-state index in [9.17, 15) is 9.32 Å². The third-order valence-electron chi connectivity index (χ3n) is 1.97. The molecule has 0 atom stereocenters. The van der Waals surface area contributed by atoms with Crippen LogP contribution in [0.1, 0.15) is 12.8 Å². The molecule has 1 heterocycles. The highest BCUT2D eigenvalue weighted by molar-refractivity contribution is 7.85. The Morgan fingerprint density at radius 1 is 1.50 bits per heavy atom. The van der Waals surface area contributed by atoms with Crippen LogP contribution in [-0.4, -0.2) is 33.0 Å². The van der Waals surface area contributed by atoms with E-state index in [1.807, 2.05) is 0 Å². The third-order valence-corrected chi connectivity index (χ3v) is 3.29. The molecule has 1 aliphatic rings. The summed E-state index contributed by atoms with van der Waals surface area (Å²) in [6.45, 7) is 0.296. The van der Waals surface area contributed by atoms with Gasteiger partial charge in [-0.15, -0.1) is 0 Å². The molecule has 0 amide bonds. The van der Waals surface area contributed by atoms with Gasteiger partial charge in [0, 0.05) is 28.9 Å².